The zero-order valence-electron chi connectivity index (χ0n) is 13.7. The fourth-order valence-electron chi connectivity index (χ4n) is 3.53. The number of fused-ring (bicyclic) bond motifs is 2. The topological polar surface area (TPSA) is 51.0 Å². The fraction of sp³-hybridized carbons (Fsp3) is 0.588. The monoisotopic (exact) mass is 330 g/mol. The maximum Gasteiger partial charge on any atom is 0.264 e. The lowest BCUT2D eigenvalue weighted by molar-refractivity contribution is 0.0711. The Kier molecular flexibility index (Phi) is 3.71. The van der Waals surface area contributed by atoms with Crippen molar-refractivity contribution in [2.24, 2.45) is 0 Å². The van der Waals surface area contributed by atoms with Gasteiger partial charge in [0.15, 0.2) is 5.82 Å². The molecule has 122 valence electrons. The molecule has 1 aliphatic carbocycles. The third-order valence-electron chi connectivity index (χ3n) is 4.79. The second-order valence-electron chi connectivity index (χ2n) is 6.77. The van der Waals surface area contributed by atoms with Crippen molar-refractivity contribution in [3.8, 4) is 0 Å². The lowest BCUT2D eigenvalue weighted by atomic mass is 9.99. The molecule has 1 amide bonds. The molecule has 2 aromatic rings. The van der Waals surface area contributed by atoms with E-state index in [9.17, 15) is 4.79 Å². The first kappa shape index (κ1) is 14.9. The highest BCUT2D eigenvalue weighted by molar-refractivity contribution is 7.14. The number of nitrogens with zero attached hydrogens (tertiary/aromatic N) is 4. The molecule has 0 spiro atoms. The summed E-state index contributed by atoms with van der Waals surface area (Å²) in [5.41, 5.74) is 1.40. The minimum Gasteiger partial charge on any atom is -0.329 e. The highest BCUT2D eigenvalue weighted by Crippen LogP contribution is 2.31. The number of aryl methyl sites for hydroxylation is 2. The average Bonchev–Trinajstić information content (AvgIpc) is 3.17. The Labute approximate surface area is 140 Å². The van der Waals surface area contributed by atoms with Crippen LogP contribution in [0.5, 0.6) is 0 Å². The first-order valence-corrected chi connectivity index (χ1v) is 9.28. The first-order chi connectivity index (χ1) is 11.1. The molecule has 0 bridgehead atoms. The average molecular weight is 330 g/mol. The molecule has 1 aliphatic heterocycles. The summed E-state index contributed by atoms with van der Waals surface area (Å²) in [5, 5.41) is 8.59. The van der Waals surface area contributed by atoms with Crippen molar-refractivity contribution < 1.29 is 4.79 Å². The van der Waals surface area contributed by atoms with Crippen LogP contribution in [-0.4, -0.2) is 32.1 Å². The van der Waals surface area contributed by atoms with Gasteiger partial charge in [-0.1, -0.05) is 13.8 Å². The van der Waals surface area contributed by atoms with E-state index in [4.69, 9.17) is 0 Å². The van der Waals surface area contributed by atoms with Crippen LogP contribution in [-0.2, 0) is 25.9 Å². The summed E-state index contributed by atoms with van der Waals surface area (Å²) in [5.74, 6) is 2.46. The number of carbonyl (C=O) groups is 1. The third kappa shape index (κ3) is 2.59. The lowest BCUT2D eigenvalue weighted by Gasteiger charge is -2.27. The second kappa shape index (κ2) is 5.74. The minimum absolute atomic E-state index is 0.157. The van der Waals surface area contributed by atoms with Crippen molar-refractivity contribution in [1.82, 2.24) is 19.7 Å². The van der Waals surface area contributed by atoms with Crippen molar-refractivity contribution in [1.29, 1.82) is 0 Å². The minimum atomic E-state index is 0.157. The van der Waals surface area contributed by atoms with Crippen LogP contribution in [0.25, 0.3) is 0 Å². The van der Waals surface area contributed by atoms with E-state index in [0.29, 0.717) is 12.5 Å². The van der Waals surface area contributed by atoms with Gasteiger partial charge in [-0.05, 0) is 37.3 Å². The van der Waals surface area contributed by atoms with E-state index in [2.05, 4.69) is 34.7 Å². The maximum absolute atomic E-state index is 12.8. The summed E-state index contributed by atoms with van der Waals surface area (Å²) in [6, 6.07) is 2.13. The molecule has 3 heterocycles. The van der Waals surface area contributed by atoms with E-state index in [1.165, 1.54) is 23.3 Å². The number of amides is 1. The van der Waals surface area contributed by atoms with Gasteiger partial charge in [-0.25, -0.2) is 0 Å². The van der Waals surface area contributed by atoms with Crippen molar-refractivity contribution in [2.75, 3.05) is 6.54 Å². The Morgan fingerprint density at radius 3 is 2.83 bits per heavy atom. The van der Waals surface area contributed by atoms with Crippen LogP contribution < -0.4 is 0 Å². The SMILES string of the molecule is CC(C)c1nnc2n1CCN(C(=O)c1cc3c(s1)CCCC3)C2. The molecule has 4 rings (SSSR count). The largest absolute Gasteiger partial charge is 0.329 e. The second-order valence-corrected chi connectivity index (χ2v) is 7.91. The summed E-state index contributed by atoms with van der Waals surface area (Å²) in [6.45, 7) is 6.37. The van der Waals surface area contributed by atoms with Gasteiger partial charge < -0.3 is 9.47 Å². The molecule has 2 aromatic heterocycles. The van der Waals surface area contributed by atoms with Gasteiger partial charge in [0.25, 0.3) is 5.91 Å². The van der Waals surface area contributed by atoms with Gasteiger partial charge in [0.1, 0.15) is 5.82 Å². The highest BCUT2D eigenvalue weighted by atomic mass is 32.1. The van der Waals surface area contributed by atoms with E-state index < -0.39 is 0 Å². The van der Waals surface area contributed by atoms with Crippen LogP contribution in [0.15, 0.2) is 6.07 Å². The number of carbonyl (C=O) groups excluding carboxylic acids is 1. The number of hydrogen-bond acceptors (Lipinski definition) is 4. The van der Waals surface area contributed by atoms with Crippen molar-refractivity contribution in [3.63, 3.8) is 0 Å². The number of rotatable bonds is 2. The van der Waals surface area contributed by atoms with E-state index in [-0.39, 0.29) is 5.91 Å². The predicted octanol–water partition coefficient (Wildman–Crippen LogP) is 3.00. The molecule has 0 unspecified atom stereocenters. The van der Waals surface area contributed by atoms with Gasteiger partial charge in [0.2, 0.25) is 0 Å². The van der Waals surface area contributed by atoms with Gasteiger partial charge in [-0.2, -0.15) is 0 Å². The Bertz CT molecular complexity index is 722. The van der Waals surface area contributed by atoms with Crippen LogP contribution in [0, 0.1) is 0 Å². The molecule has 0 radical (unpaired) electrons. The van der Waals surface area contributed by atoms with E-state index in [0.717, 1.165) is 42.5 Å². The summed E-state index contributed by atoms with van der Waals surface area (Å²) >= 11 is 1.69. The molecule has 0 fully saturated rings. The zero-order valence-corrected chi connectivity index (χ0v) is 14.5. The molecule has 23 heavy (non-hydrogen) atoms. The predicted molar refractivity (Wildman–Crippen MR) is 89.8 cm³/mol. The molecule has 5 nitrogen and oxygen atoms in total. The third-order valence-corrected chi connectivity index (χ3v) is 6.02. The summed E-state index contributed by atoms with van der Waals surface area (Å²) in [7, 11) is 0. The number of hydrogen-bond donors (Lipinski definition) is 0. The molecule has 2 aliphatic rings. The number of thiophene rings is 1. The Morgan fingerprint density at radius 2 is 2.04 bits per heavy atom. The van der Waals surface area contributed by atoms with Gasteiger partial charge >= 0.3 is 0 Å². The van der Waals surface area contributed by atoms with Gasteiger partial charge in [-0.3, -0.25) is 4.79 Å². The van der Waals surface area contributed by atoms with Crippen molar-refractivity contribution in [3.05, 3.63) is 33.0 Å². The molecule has 0 N–H and O–H groups in total. The van der Waals surface area contributed by atoms with E-state index in [1.807, 2.05) is 4.90 Å². The Morgan fingerprint density at radius 1 is 1.22 bits per heavy atom. The van der Waals surface area contributed by atoms with Crippen LogP contribution in [0.4, 0.5) is 0 Å². The van der Waals surface area contributed by atoms with Gasteiger partial charge in [0, 0.05) is 23.9 Å². The molecule has 0 aromatic carbocycles. The van der Waals surface area contributed by atoms with E-state index >= 15 is 0 Å². The first-order valence-electron chi connectivity index (χ1n) is 8.46. The molecule has 0 saturated heterocycles. The molecule has 0 atom stereocenters. The van der Waals surface area contributed by atoms with Crippen LogP contribution in [0.3, 0.4) is 0 Å². The summed E-state index contributed by atoms with van der Waals surface area (Å²) < 4.78 is 2.17. The Hall–Kier alpha value is -1.69. The quantitative estimate of drug-likeness (QED) is 0.850. The van der Waals surface area contributed by atoms with Crippen LogP contribution in [0.1, 0.15) is 64.4 Å². The smallest absolute Gasteiger partial charge is 0.264 e. The molecule has 0 saturated carbocycles. The van der Waals surface area contributed by atoms with Gasteiger partial charge in [0.05, 0.1) is 11.4 Å². The van der Waals surface area contributed by atoms with Crippen LogP contribution >= 0.6 is 11.3 Å². The standard InChI is InChI=1S/C17H22N4OS/c1-11(2)16-19-18-15-10-20(7-8-21(15)16)17(22)14-9-12-5-3-4-6-13(12)23-14/h9,11H,3-8,10H2,1-2H3. The summed E-state index contributed by atoms with van der Waals surface area (Å²) in [6.07, 6.45) is 4.78. The fourth-order valence-corrected chi connectivity index (χ4v) is 4.75. The van der Waals surface area contributed by atoms with E-state index in [1.54, 1.807) is 11.3 Å². The maximum atomic E-state index is 12.8. The Balaban J connectivity index is 1.55. The highest BCUT2D eigenvalue weighted by Gasteiger charge is 2.27. The van der Waals surface area contributed by atoms with Crippen LogP contribution in [0.2, 0.25) is 0 Å². The molecular weight excluding hydrogens is 308 g/mol. The summed E-state index contributed by atoms with van der Waals surface area (Å²) in [4.78, 5) is 17.1. The normalized spacial score (nSPS) is 17.3. The number of aromatic nitrogens is 3. The van der Waals surface area contributed by atoms with Crippen molar-refractivity contribution in [2.45, 2.75) is 58.5 Å². The lowest BCUT2D eigenvalue weighted by Crippen LogP contribution is -2.38. The molecular formula is C17H22N4OS. The molecule has 6 heteroatoms. The zero-order chi connectivity index (χ0) is 16.0. The van der Waals surface area contributed by atoms with Gasteiger partial charge in [-0.15, -0.1) is 21.5 Å². The van der Waals surface area contributed by atoms with Crippen molar-refractivity contribution >= 4 is 17.2 Å².